The first-order valence-electron chi connectivity index (χ1n) is 8.60. The summed E-state index contributed by atoms with van der Waals surface area (Å²) in [7, 11) is 2.95. The number of amides is 2. The summed E-state index contributed by atoms with van der Waals surface area (Å²) >= 11 is 2.22. The molecule has 7 nitrogen and oxygen atoms in total. The highest BCUT2D eigenvalue weighted by Gasteiger charge is 2.46. The zero-order chi connectivity index (χ0) is 20.5. The minimum atomic E-state index is -0.683. The second kappa shape index (κ2) is 7.86. The molecule has 0 bridgehead atoms. The number of ether oxygens (including phenoxy) is 2. The van der Waals surface area contributed by atoms with E-state index in [2.05, 4.69) is 33.2 Å². The summed E-state index contributed by atoms with van der Waals surface area (Å²) in [5, 5.41) is 15.6. The number of imide groups is 1. The Labute approximate surface area is 176 Å². The molecule has 28 heavy (non-hydrogen) atoms. The van der Waals surface area contributed by atoms with Crippen LogP contribution in [0.2, 0.25) is 0 Å². The van der Waals surface area contributed by atoms with E-state index in [4.69, 9.17) is 9.47 Å². The Bertz CT molecular complexity index is 935. The van der Waals surface area contributed by atoms with Crippen LogP contribution < -0.4 is 20.1 Å². The topological polar surface area (TPSA) is 96.9 Å². The normalized spacial score (nSPS) is 22.8. The number of halogens is 1. The average Bonchev–Trinajstić information content (AvgIpc) is 2.63. The lowest BCUT2D eigenvalue weighted by atomic mass is 9.68. The Balaban J connectivity index is 1.85. The largest absolute Gasteiger partial charge is 0.504 e. The zero-order valence-corrected chi connectivity index (χ0v) is 17.9. The monoisotopic (exact) mass is 496 g/mol. The van der Waals surface area contributed by atoms with Crippen molar-refractivity contribution in [2.75, 3.05) is 14.2 Å². The van der Waals surface area contributed by atoms with Crippen LogP contribution in [-0.2, 0) is 16.1 Å². The van der Waals surface area contributed by atoms with Gasteiger partial charge in [0.05, 0.1) is 14.2 Å². The Morgan fingerprint density at radius 2 is 2.00 bits per heavy atom. The number of phenols is 1. The molecule has 2 aliphatic rings. The van der Waals surface area contributed by atoms with Gasteiger partial charge < -0.3 is 19.9 Å². The van der Waals surface area contributed by atoms with E-state index in [0.717, 1.165) is 9.14 Å². The molecule has 1 unspecified atom stereocenters. The van der Waals surface area contributed by atoms with E-state index in [1.165, 1.54) is 14.2 Å². The lowest BCUT2D eigenvalue weighted by Crippen LogP contribution is -2.48. The van der Waals surface area contributed by atoms with Crippen LogP contribution >= 0.6 is 22.6 Å². The fourth-order valence-electron chi connectivity index (χ4n) is 3.50. The predicted molar refractivity (Wildman–Crippen MR) is 112 cm³/mol. The Hall–Kier alpha value is -2.49. The first kappa shape index (κ1) is 20.2. The lowest BCUT2D eigenvalue weighted by Gasteiger charge is -2.38. The molecule has 1 saturated heterocycles. The number of phenolic OH excluding ortho intramolecular Hbond substituents is 1. The van der Waals surface area contributed by atoms with Crippen molar-refractivity contribution in [2.24, 2.45) is 5.41 Å². The SMILES string of the molecule is COc1cc(CN/C=C2\C(=O)NC(=O)C3=CC=C(I)CC32C)cc(O)c1OC. The van der Waals surface area contributed by atoms with E-state index < -0.39 is 11.3 Å². The highest BCUT2D eigenvalue weighted by atomic mass is 127. The van der Waals surface area contributed by atoms with Crippen molar-refractivity contribution in [2.45, 2.75) is 19.9 Å². The molecule has 1 atom stereocenters. The highest BCUT2D eigenvalue weighted by molar-refractivity contribution is 14.1. The third-order valence-corrected chi connectivity index (χ3v) is 5.67. The lowest BCUT2D eigenvalue weighted by molar-refractivity contribution is -0.129. The van der Waals surface area contributed by atoms with Gasteiger partial charge in [0.2, 0.25) is 5.75 Å². The van der Waals surface area contributed by atoms with Crippen molar-refractivity contribution in [3.63, 3.8) is 0 Å². The molecule has 8 heteroatoms. The molecule has 3 rings (SSSR count). The number of hydrogen-bond donors (Lipinski definition) is 3. The van der Waals surface area contributed by atoms with Gasteiger partial charge in [0.15, 0.2) is 11.5 Å². The molecule has 0 aromatic heterocycles. The number of allylic oxidation sites excluding steroid dienone is 3. The predicted octanol–water partition coefficient (Wildman–Crippen LogP) is 2.69. The van der Waals surface area contributed by atoms with Crippen LogP contribution in [0.25, 0.3) is 0 Å². The maximum atomic E-state index is 12.5. The number of methoxy groups -OCH3 is 2. The number of piperidine rings is 1. The highest BCUT2D eigenvalue weighted by Crippen LogP contribution is 2.47. The molecule has 1 aromatic carbocycles. The van der Waals surface area contributed by atoms with Crippen LogP contribution in [0.5, 0.6) is 17.2 Å². The summed E-state index contributed by atoms with van der Waals surface area (Å²) in [4.78, 5) is 24.7. The number of carbonyl (C=O) groups excluding carboxylic acids is 2. The molecule has 3 N–H and O–H groups in total. The molecule has 1 aliphatic heterocycles. The minimum absolute atomic E-state index is 0.0311. The van der Waals surface area contributed by atoms with Gasteiger partial charge in [0.25, 0.3) is 11.8 Å². The third kappa shape index (κ3) is 3.60. The number of benzene rings is 1. The summed E-state index contributed by atoms with van der Waals surface area (Å²) < 4.78 is 11.4. The van der Waals surface area contributed by atoms with Gasteiger partial charge >= 0.3 is 0 Å². The van der Waals surface area contributed by atoms with E-state index in [1.807, 2.05) is 13.0 Å². The molecule has 0 saturated carbocycles. The zero-order valence-electron chi connectivity index (χ0n) is 15.8. The van der Waals surface area contributed by atoms with Crippen molar-refractivity contribution in [1.82, 2.24) is 10.6 Å². The quantitative estimate of drug-likeness (QED) is 0.330. The summed E-state index contributed by atoms with van der Waals surface area (Å²) in [6.07, 6.45) is 5.89. The average molecular weight is 496 g/mol. The molecule has 1 fully saturated rings. The van der Waals surface area contributed by atoms with E-state index in [1.54, 1.807) is 24.4 Å². The van der Waals surface area contributed by atoms with Crippen molar-refractivity contribution in [1.29, 1.82) is 0 Å². The van der Waals surface area contributed by atoms with Gasteiger partial charge in [0, 0.05) is 29.3 Å². The van der Waals surface area contributed by atoms with E-state index in [-0.39, 0.29) is 17.4 Å². The first-order valence-corrected chi connectivity index (χ1v) is 9.68. The van der Waals surface area contributed by atoms with Crippen LogP contribution in [0.15, 0.2) is 45.2 Å². The summed E-state index contributed by atoms with van der Waals surface area (Å²) in [5.74, 6) is -0.109. The first-order chi connectivity index (χ1) is 13.3. The van der Waals surface area contributed by atoms with E-state index >= 15 is 0 Å². The maximum Gasteiger partial charge on any atom is 0.256 e. The second-order valence-corrected chi connectivity index (χ2v) is 8.16. The number of hydrogen-bond acceptors (Lipinski definition) is 6. The molecule has 1 aliphatic carbocycles. The number of rotatable bonds is 5. The van der Waals surface area contributed by atoms with Crippen LogP contribution in [-0.4, -0.2) is 31.1 Å². The molecule has 1 heterocycles. The third-order valence-electron chi connectivity index (χ3n) is 4.93. The van der Waals surface area contributed by atoms with Crippen LogP contribution in [0, 0.1) is 5.41 Å². The van der Waals surface area contributed by atoms with Crippen LogP contribution in [0.4, 0.5) is 0 Å². The summed E-state index contributed by atoms with van der Waals surface area (Å²) in [6.45, 7) is 2.25. The summed E-state index contributed by atoms with van der Waals surface area (Å²) in [6, 6.07) is 3.31. The Kier molecular flexibility index (Phi) is 5.69. The van der Waals surface area contributed by atoms with Crippen molar-refractivity contribution >= 4 is 34.4 Å². The summed E-state index contributed by atoms with van der Waals surface area (Å²) in [5.41, 5.74) is 1.13. The molecular weight excluding hydrogens is 475 g/mol. The molecule has 1 aromatic rings. The van der Waals surface area contributed by atoms with Crippen molar-refractivity contribution in [3.05, 3.63) is 50.8 Å². The van der Waals surface area contributed by atoms with Gasteiger partial charge in [-0.1, -0.05) is 19.1 Å². The molecular formula is C20H21IN2O5. The Morgan fingerprint density at radius 3 is 2.68 bits per heavy atom. The van der Waals surface area contributed by atoms with Gasteiger partial charge in [-0.25, -0.2) is 0 Å². The second-order valence-electron chi connectivity index (χ2n) is 6.78. The van der Waals surface area contributed by atoms with E-state index in [9.17, 15) is 14.7 Å². The van der Waals surface area contributed by atoms with Gasteiger partial charge in [-0.15, -0.1) is 0 Å². The molecule has 0 spiro atoms. The molecule has 0 radical (unpaired) electrons. The molecule has 2 amide bonds. The Morgan fingerprint density at radius 1 is 1.25 bits per heavy atom. The smallest absolute Gasteiger partial charge is 0.256 e. The van der Waals surface area contributed by atoms with Gasteiger partial charge in [-0.05, 0) is 50.3 Å². The van der Waals surface area contributed by atoms with Crippen molar-refractivity contribution < 1.29 is 24.2 Å². The fourth-order valence-corrected chi connectivity index (χ4v) is 4.44. The van der Waals surface area contributed by atoms with Gasteiger partial charge in [0.1, 0.15) is 0 Å². The van der Waals surface area contributed by atoms with E-state index in [0.29, 0.717) is 29.9 Å². The van der Waals surface area contributed by atoms with Gasteiger partial charge in [-0.3, -0.25) is 14.9 Å². The van der Waals surface area contributed by atoms with Crippen LogP contribution in [0.3, 0.4) is 0 Å². The maximum absolute atomic E-state index is 12.5. The minimum Gasteiger partial charge on any atom is -0.504 e. The fraction of sp³-hybridized carbons (Fsp3) is 0.300. The number of carbonyl (C=O) groups is 2. The van der Waals surface area contributed by atoms with Crippen molar-refractivity contribution in [3.8, 4) is 17.2 Å². The molecule has 148 valence electrons. The number of aromatic hydroxyl groups is 1. The van der Waals surface area contributed by atoms with Crippen LogP contribution in [0.1, 0.15) is 18.9 Å². The van der Waals surface area contributed by atoms with Gasteiger partial charge in [-0.2, -0.15) is 0 Å². The standard InChI is InChI=1S/C20H21IN2O5/c1-20-8-12(21)4-5-13(20)18(25)23-19(26)14(20)10-22-9-11-6-15(24)17(28-3)16(7-11)27-2/h4-7,10,22,24H,8-9H2,1-3H3,(H,23,25,26)/b14-10+. The number of nitrogens with one attached hydrogen (secondary N) is 2. The number of fused-ring (bicyclic) bond motifs is 1.